The van der Waals surface area contributed by atoms with Crippen molar-refractivity contribution in [1.82, 2.24) is 10.6 Å². The monoisotopic (exact) mass is 477 g/mol. The van der Waals surface area contributed by atoms with Gasteiger partial charge < -0.3 is 15.4 Å². The van der Waals surface area contributed by atoms with Crippen LogP contribution in [0.1, 0.15) is 22.2 Å². The van der Waals surface area contributed by atoms with Crippen LogP contribution in [0.2, 0.25) is 0 Å². The van der Waals surface area contributed by atoms with E-state index in [4.69, 9.17) is 4.74 Å². The van der Waals surface area contributed by atoms with E-state index < -0.39 is 0 Å². The standard InChI is InChI=1S/C18H24FN3OS.HI/c1-12(9-15-7-5-13(2)24-15)22-18(20-3)21-11-14-6-8-17(23-4)16(19)10-14;/h5-8,10,12H,9,11H2,1-4H3,(H2,20,21,22);1H. The van der Waals surface area contributed by atoms with Crippen LogP contribution in [0, 0.1) is 12.7 Å². The molecule has 0 bridgehead atoms. The van der Waals surface area contributed by atoms with Crippen LogP contribution in [-0.2, 0) is 13.0 Å². The van der Waals surface area contributed by atoms with E-state index in [9.17, 15) is 4.39 Å². The van der Waals surface area contributed by atoms with Gasteiger partial charge in [-0.05, 0) is 43.7 Å². The van der Waals surface area contributed by atoms with E-state index in [-0.39, 0.29) is 41.6 Å². The minimum Gasteiger partial charge on any atom is -0.494 e. The number of hydrogen-bond donors (Lipinski definition) is 2. The number of nitrogens with zero attached hydrogens (tertiary/aromatic N) is 1. The number of thiophene rings is 1. The van der Waals surface area contributed by atoms with Crippen LogP contribution in [0.5, 0.6) is 5.75 Å². The van der Waals surface area contributed by atoms with Gasteiger partial charge in [-0.1, -0.05) is 6.07 Å². The van der Waals surface area contributed by atoms with Crippen molar-refractivity contribution in [2.24, 2.45) is 4.99 Å². The van der Waals surface area contributed by atoms with Crippen LogP contribution in [0.3, 0.4) is 0 Å². The Hall–Kier alpha value is -1.35. The Balaban J connectivity index is 0.00000312. The maximum absolute atomic E-state index is 13.7. The van der Waals surface area contributed by atoms with Gasteiger partial charge in [0.15, 0.2) is 17.5 Å². The summed E-state index contributed by atoms with van der Waals surface area (Å²) in [6.45, 7) is 4.72. The number of benzene rings is 1. The second-order valence-corrected chi connectivity index (χ2v) is 7.03. The Bertz CT molecular complexity index is 705. The van der Waals surface area contributed by atoms with Crippen LogP contribution < -0.4 is 15.4 Å². The van der Waals surface area contributed by atoms with E-state index in [2.05, 4.69) is 41.6 Å². The lowest BCUT2D eigenvalue weighted by Gasteiger charge is -2.17. The average molecular weight is 477 g/mol. The molecule has 0 aliphatic rings. The second-order valence-electron chi connectivity index (χ2n) is 5.66. The van der Waals surface area contributed by atoms with E-state index in [1.165, 1.54) is 22.9 Å². The van der Waals surface area contributed by atoms with Crippen molar-refractivity contribution >= 4 is 41.3 Å². The van der Waals surface area contributed by atoms with Gasteiger partial charge in [-0.15, -0.1) is 35.3 Å². The van der Waals surface area contributed by atoms with Crippen molar-refractivity contribution in [3.63, 3.8) is 0 Å². The Morgan fingerprint density at radius 2 is 2.08 bits per heavy atom. The van der Waals surface area contributed by atoms with Gasteiger partial charge in [-0.2, -0.15) is 0 Å². The molecule has 138 valence electrons. The average Bonchev–Trinajstić information content (AvgIpc) is 2.96. The van der Waals surface area contributed by atoms with Crippen molar-refractivity contribution in [2.75, 3.05) is 14.2 Å². The Labute approximate surface area is 169 Å². The molecule has 7 heteroatoms. The third kappa shape index (κ3) is 6.81. The van der Waals surface area contributed by atoms with Crippen molar-refractivity contribution in [1.29, 1.82) is 0 Å². The van der Waals surface area contributed by atoms with Crippen molar-refractivity contribution in [2.45, 2.75) is 32.9 Å². The molecule has 0 aliphatic carbocycles. The molecule has 0 spiro atoms. The Morgan fingerprint density at radius 1 is 1.32 bits per heavy atom. The molecule has 25 heavy (non-hydrogen) atoms. The fourth-order valence-electron chi connectivity index (χ4n) is 2.38. The van der Waals surface area contributed by atoms with E-state index in [1.807, 2.05) is 17.4 Å². The third-order valence-corrected chi connectivity index (χ3v) is 4.61. The SMILES string of the molecule is CN=C(NCc1ccc(OC)c(F)c1)NC(C)Cc1ccc(C)s1.I. The van der Waals surface area contributed by atoms with E-state index >= 15 is 0 Å². The summed E-state index contributed by atoms with van der Waals surface area (Å²) >= 11 is 1.81. The lowest BCUT2D eigenvalue weighted by molar-refractivity contribution is 0.386. The molecule has 0 aliphatic heterocycles. The van der Waals surface area contributed by atoms with E-state index in [0.717, 1.165) is 12.0 Å². The molecule has 0 saturated carbocycles. The van der Waals surface area contributed by atoms with Crippen LogP contribution >= 0.6 is 35.3 Å². The van der Waals surface area contributed by atoms with Gasteiger partial charge in [0.25, 0.3) is 0 Å². The van der Waals surface area contributed by atoms with Gasteiger partial charge in [-0.25, -0.2) is 4.39 Å². The normalized spacial score (nSPS) is 12.3. The molecule has 1 aromatic heterocycles. The molecule has 1 aromatic carbocycles. The van der Waals surface area contributed by atoms with Crippen molar-refractivity contribution in [3.8, 4) is 5.75 Å². The first kappa shape index (κ1) is 21.7. The van der Waals surface area contributed by atoms with Crippen molar-refractivity contribution < 1.29 is 9.13 Å². The van der Waals surface area contributed by atoms with Gasteiger partial charge in [0, 0.05) is 35.8 Å². The number of methoxy groups -OCH3 is 1. The Morgan fingerprint density at radius 3 is 2.64 bits per heavy atom. The topological polar surface area (TPSA) is 45.7 Å². The van der Waals surface area contributed by atoms with Gasteiger partial charge in [0.05, 0.1) is 7.11 Å². The number of halogens is 2. The van der Waals surface area contributed by atoms with Crippen LogP contribution in [-0.4, -0.2) is 26.2 Å². The predicted octanol–water partition coefficient (Wildman–Crippen LogP) is 4.12. The zero-order valence-electron chi connectivity index (χ0n) is 14.9. The van der Waals surface area contributed by atoms with Gasteiger partial charge in [-0.3, -0.25) is 4.99 Å². The van der Waals surface area contributed by atoms with Crippen LogP contribution in [0.25, 0.3) is 0 Å². The molecular formula is C18H25FIN3OS. The molecule has 1 heterocycles. The molecule has 2 rings (SSSR count). The number of hydrogen-bond acceptors (Lipinski definition) is 3. The lowest BCUT2D eigenvalue weighted by Crippen LogP contribution is -2.42. The summed E-state index contributed by atoms with van der Waals surface area (Å²) in [5.74, 6) is 0.592. The smallest absolute Gasteiger partial charge is 0.191 e. The number of guanidine groups is 1. The summed E-state index contributed by atoms with van der Waals surface area (Å²) in [5.41, 5.74) is 0.831. The maximum Gasteiger partial charge on any atom is 0.191 e. The quantitative estimate of drug-likeness (QED) is 0.374. The van der Waals surface area contributed by atoms with E-state index in [1.54, 1.807) is 13.1 Å². The summed E-state index contributed by atoms with van der Waals surface area (Å²) in [5, 5.41) is 6.57. The molecule has 1 unspecified atom stereocenters. The number of rotatable bonds is 6. The Kier molecular flexibility index (Phi) is 9.20. The van der Waals surface area contributed by atoms with Crippen molar-refractivity contribution in [3.05, 3.63) is 51.5 Å². The summed E-state index contributed by atoms with van der Waals surface area (Å²) in [6, 6.07) is 9.48. The molecule has 0 fully saturated rings. The highest BCUT2D eigenvalue weighted by atomic mass is 127. The minimum atomic E-state index is -0.360. The third-order valence-electron chi connectivity index (χ3n) is 3.59. The zero-order chi connectivity index (χ0) is 17.5. The predicted molar refractivity (Wildman–Crippen MR) is 114 cm³/mol. The highest BCUT2D eigenvalue weighted by Crippen LogP contribution is 2.18. The van der Waals surface area contributed by atoms with Crippen LogP contribution in [0.15, 0.2) is 35.3 Å². The first-order valence-electron chi connectivity index (χ1n) is 7.86. The fourth-order valence-corrected chi connectivity index (χ4v) is 3.40. The summed E-state index contributed by atoms with van der Waals surface area (Å²) in [4.78, 5) is 6.89. The number of aliphatic imine (C=N–C) groups is 1. The molecular weight excluding hydrogens is 452 g/mol. The van der Waals surface area contributed by atoms with Gasteiger partial charge in [0.2, 0.25) is 0 Å². The van der Waals surface area contributed by atoms with Gasteiger partial charge in [0.1, 0.15) is 0 Å². The second kappa shape index (κ2) is 10.6. The summed E-state index contributed by atoms with van der Waals surface area (Å²) in [6.07, 6.45) is 0.941. The molecule has 0 amide bonds. The molecule has 1 atom stereocenters. The molecule has 2 aromatic rings. The molecule has 2 N–H and O–H groups in total. The molecule has 4 nitrogen and oxygen atoms in total. The maximum atomic E-state index is 13.7. The summed E-state index contributed by atoms with van der Waals surface area (Å²) in [7, 11) is 3.19. The zero-order valence-corrected chi connectivity index (χ0v) is 18.1. The first-order valence-corrected chi connectivity index (χ1v) is 8.68. The molecule has 0 radical (unpaired) electrons. The lowest BCUT2D eigenvalue weighted by atomic mass is 10.2. The van der Waals surface area contributed by atoms with Gasteiger partial charge >= 0.3 is 0 Å². The fraction of sp³-hybridized carbons (Fsp3) is 0.389. The highest BCUT2D eigenvalue weighted by Gasteiger charge is 2.09. The minimum absolute atomic E-state index is 0. The summed E-state index contributed by atoms with van der Waals surface area (Å²) < 4.78 is 18.6. The largest absolute Gasteiger partial charge is 0.494 e. The first-order chi connectivity index (χ1) is 11.5. The highest BCUT2D eigenvalue weighted by molar-refractivity contribution is 14.0. The number of aryl methyl sites for hydroxylation is 1. The van der Waals surface area contributed by atoms with E-state index in [0.29, 0.717) is 12.5 Å². The van der Waals surface area contributed by atoms with Crippen LogP contribution in [0.4, 0.5) is 4.39 Å². The number of nitrogens with one attached hydrogen (secondary N) is 2. The number of ether oxygens (including phenoxy) is 1. The molecule has 0 saturated heterocycles.